The minimum absolute atomic E-state index is 0.197. The van der Waals surface area contributed by atoms with Gasteiger partial charge < -0.3 is 5.11 Å². The quantitative estimate of drug-likeness (QED) is 0.280. The Bertz CT molecular complexity index is 1490. The first kappa shape index (κ1) is 28.8. The number of benzene rings is 3. The minimum Gasteiger partial charge on any atom is -0.478 e. The van der Waals surface area contributed by atoms with Gasteiger partial charge >= 0.3 is 12.1 Å². The molecule has 0 saturated carbocycles. The molecule has 1 saturated heterocycles. The molecule has 1 N–H and O–H groups in total. The number of nitrogens with zero attached hydrogens (tertiary/aromatic N) is 1. The van der Waals surface area contributed by atoms with Gasteiger partial charge in [0.2, 0.25) is 0 Å². The standard InChI is InChI=1S/C34H33F4NO2/c1-2-27-29(7-4-9-31(27)34(36,37)38)30-8-3-6-25-19-26(33(40)41)14-15-28(25)32(30)24-12-10-22(11-13-24)18-23-20-39(21-23)17-5-16-35/h4,7,9-15,18-19H,2-3,5-6,8,16-17,20-21H2,1H3,(H,40,41). The van der Waals surface area contributed by atoms with Crippen LogP contribution in [0.15, 0.2) is 66.2 Å². The fourth-order valence-electron chi connectivity index (χ4n) is 6.08. The highest BCUT2D eigenvalue weighted by atomic mass is 19.4. The molecule has 0 atom stereocenters. The zero-order valence-corrected chi connectivity index (χ0v) is 23.0. The number of hydrogen-bond acceptors (Lipinski definition) is 2. The molecule has 0 radical (unpaired) electrons. The molecule has 0 bridgehead atoms. The van der Waals surface area contributed by atoms with Crippen LogP contribution in [0, 0.1) is 0 Å². The lowest BCUT2D eigenvalue weighted by molar-refractivity contribution is -0.138. The Morgan fingerprint density at radius 2 is 1.76 bits per heavy atom. The number of rotatable bonds is 8. The Kier molecular flexibility index (Phi) is 8.45. The molecule has 3 nitrogen and oxygen atoms in total. The highest BCUT2D eigenvalue weighted by molar-refractivity contribution is 6.01. The second-order valence-electron chi connectivity index (χ2n) is 10.7. The first-order valence-electron chi connectivity index (χ1n) is 14.1. The second-order valence-corrected chi connectivity index (χ2v) is 10.7. The number of alkyl halides is 4. The summed E-state index contributed by atoms with van der Waals surface area (Å²) in [6.45, 7) is 3.84. The summed E-state index contributed by atoms with van der Waals surface area (Å²) in [5, 5.41) is 9.59. The second kappa shape index (κ2) is 12.0. The summed E-state index contributed by atoms with van der Waals surface area (Å²) in [5.74, 6) is -1.01. The summed E-state index contributed by atoms with van der Waals surface area (Å²) >= 11 is 0. The van der Waals surface area contributed by atoms with Crippen LogP contribution < -0.4 is 0 Å². The van der Waals surface area contributed by atoms with Crippen LogP contribution in [0.1, 0.15) is 75.5 Å². The van der Waals surface area contributed by atoms with E-state index < -0.39 is 17.7 Å². The van der Waals surface area contributed by atoms with Crippen molar-refractivity contribution in [2.75, 3.05) is 26.3 Å². The summed E-state index contributed by atoms with van der Waals surface area (Å²) in [6, 6.07) is 17.5. The van der Waals surface area contributed by atoms with E-state index in [2.05, 4.69) is 11.0 Å². The highest BCUT2D eigenvalue weighted by Crippen LogP contribution is 2.43. The molecule has 3 aromatic rings. The number of hydrogen-bond donors (Lipinski definition) is 1. The van der Waals surface area contributed by atoms with Crippen LogP contribution in [0.2, 0.25) is 0 Å². The van der Waals surface area contributed by atoms with E-state index in [1.54, 1.807) is 31.2 Å². The van der Waals surface area contributed by atoms with E-state index in [9.17, 15) is 27.5 Å². The average molecular weight is 564 g/mol. The van der Waals surface area contributed by atoms with Gasteiger partial charge in [0.25, 0.3) is 0 Å². The van der Waals surface area contributed by atoms with Crippen LogP contribution in [0.4, 0.5) is 17.6 Å². The number of aromatic carboxylic acids is 1. The fraction of sp³-hybridized carbons (Fsp3) is 0.324. The largest absolute Gasteiger partial charge is 0.478 e. The smallest absolute Gasteiger partial charge is 0.416 e. The first-order chi connectivity index (χ1) is 19.7. The van der Waals surface area contributed by atoms with Gasteiger partial charge in [0.1, 0.15) is 0 Å². The predicted octanol–water partition coefficient (Wildman–Crippen LogP) is 8.32. The molecule has 1 fully saturated rings. The molecule has 1 aliphatic carbocycles. The van der Waals surface area contributed by atoms with Gasteiger partial charge in [-0.25, -0.2) is 4.79 Å². The van der Waals surface area contributed by atoms with Crippen LogP contribution in [-0.2, 0) is 19.0 Å². The van der Waals surface area contributed by atoms with Gasteiger partial charge in [-0.05, 0) is 100 Å². The topological polar surface area (TPSA) is 40.5 Å². The van der Waals surface area contributed by atoms with E-state index in [4.69, 9.17) is 0 Å². The summed E-state index contributed by atoms with van der Waals surface area (Å²) < 4.78 is 54.5. The van der Waals surface area contributed by atoms with Crippen LogP contribution in [-0.4, -0.2) is 42.3 Å². The summed E-state index contributed by atoms with van der Waals surface area (Å²) in [6.07, 6.45) is 0.347. The zero-order valence-electron chi connectivity index (χ0n) is 23.0. The van der Waals surface area contributed by atoms with E-state index in [1.807, 2.05) is 24.3 Å². The van der Waals surface area contributed by atoms with Gasteiger partial charge in [0.15, 0.2) is 0 Å². The first-order valence-corrected chi connectivity index (χ1v) is 14.1. The third kappa shape index (κ3) is 6.15. The van der Waals surface area contributed by atoms with Crippen molar-refractivity contribution in [1.29, 1.82) is 0 Å². The number of carbonyl (C=O) groups is 1. The molecular formula is C34H33F4NO2. The maximum atomic E-state index is 14.0. The number of carboxylic acid groups (broad SMARTS) is 1. The molecule has 0 unspecified atom stereocenters. The van der Waals surface area contributed by atoms with E-state index in [1.165, 1.54) is 11.6 Å². The lowest BCUT2D eigenvalue weighted by atomic mass is 9.84. The van der Waals surface area contributed by atoms with Crippen molar-refractivity contribution in [3.05, 3.63) is 111 Å². The van der Waals surface area contributed by atoms with Crippen LogP contribution in [0.5, 0.6) is 0 Å². The summed E-state index contributed by atoms with van der Waals surface area (Å²) in [7, 11) is 0. The highest BCUT2D eigenvalue weighted by Gasteiger charge is 2.34. The number of allylic oxidation sites excluding steroid dienone is 1. The number of carboxylic acids is 1. The van der Waals surface area contributed by atoms with Crippen molar-refractivity contribution in [1.82, 2.24) is 4.90 Å². The Balaban J connectivity index is 1.62. The SMILES string of the molecule is CCc1c(C2=C(c3ccc(C=C4CN(CCCF)C4)cc3)c3ccc(C(=O)O)cc3CCC2)cccc1C(F)(F)F. The van der Waals surface area contributed by atoms with Crippen molar-refractivity contribution in [2.45, 2.75) is 45.2 Å². The molecule has 3 aromatic carbocycles. The molecule has 214 valence electrons. The van der Waals surface area contributed by atoms with E-state index in [0.29, 0.717) is 31.2 Å². The molecule has 7 heteroatoms. The fourth-order valence-corrected chi connectivity index (χ4v) is 6.08. The van der Waals surface area contributed by atoms with E-state index in [0.717, 1.165) is 59.1 Å². The summed E-state index contributed by atoms with van der Waals surface area (Å²) in [4.78, 5) is 13.9. The van der Waals surface area contributed by atoms with Crippen LogP contribution in [0.3, 0.4) is 0 Å². The Morgan fingerprint density at radius 1 is 1.00 bits per heavy atom. The number of fused-ring (bicyclic) bond motifs is 1. The van der Waals surface area contributed by atoms with Crippen molar-refractivity contribution in [2.24, 2.45) is 0 Å². The van der Waals surface area contributed by atoms with Gasteiger partial charge in [-0.15, -0.1) is 0 Å². The Morgan fingerprint density at radius 3 is 2.41 bits per heavy atom. The lowest BCUT2D eigenvalue weighted by Crippen LogP contribution is -2.40. The molecular weight excluding hydrogens is 530 g/mol. The van der Waals surface area contributed by atoms with Gasteiger partial charge in [0.05, 0.1) is 17.8 Å². The van der Waals surface area contributed by atoms with Gasteiger partial charge in [-0.2, -0.15) is 13.2 Å². The molecule has 0 amide bonds. The normalized spacial score (nSPS) is 15.8. The van der Waals surface area contributed by atoms with Crippen molar-refractivity contribution >= 4 is 23.2 Å². The molecule has 5 rings (SSSR count). The molecule has 41 heavy (non-hydrogen) atoms. The average Bonchev–Trinajstić information content (AvgIpc) is 3.12. The van der Waals surface area contributed by atoms with Gasteiger partial charge in [-0.3, -0.25) is 9.29 Å². The van der Waals surface area contributed by atoms with E-state index in [-0.39, 0.29) is 24.2 Å². The molecule has 0 aromatic heterocycles. The Labute approximate surface area is 237 Å². The molecule has 0 spiro atoms. The van der Waals surface area contributed by atoms with Crippen molar-refractivity contribution < 1.29 is 27.5 Å². The van der Waals surface area contributed by atoms with Crippen LogP contribution in [0.25, 0.3) is 17.2 Å². The third-order valence-electron chi connectivity index (χ3n) is 7.99. The van der Waals surface area contributed by atoms with Crippen molar-refractivity contribution in [3.63, 3.8) is 0 Å². The number of halogens is 4. The number of likely N-dealkylation sites (tertiary alicyclic amines) is 1. The maximum Gasteiger partial charge on any atom is 0.416 e. The van der Waals surface area contributed by atoms with Gasteiger partial charge in [-0.1, -0.05) is 55.5 Å². The van der Waals surface area contributed by atoms with Gasteiger partial charge in [0, 0.05) is 19.6 Å². The third-order valence-corrected chi connectivity index (χ3v) is 7.99. The predicted molar refractivity (Wildman–Crippen MR) is 155 cm³/mol. The molecule has 1 heterocycles. The van der Waals surface area contributed by atoms with Crippen LogP contribution >= 0.6 is 0 Å². The molecule has 1 aliphatic heterocycles. The zero-order chi connectivity index (χ0) is 29.1. The van der Waals surface area contributed by atoms with E-state index >= 15 is 0 Å². The summed E-state index contributed by atoms with van der Waals surface area (Å²) in [5.41, 5.74) is 7.08. The maximum absolute atomic E-state index is 14.0. The Hall–Kier alpha value is -3.71. The van der Waals surface area contributed by atoms with Crippen molar-refractivity contribution in [3.8, 4) is 0 Å². The number of aryl methyl sites for hydroxylation is 1. The monoisotopic (exact) mass is 563 g/mol. The molecule has 2 aliphatic rings. The minimum atomic E-state index is -4.46. The lowest BCUT2D eigenvalue weighted by Gasteiger charge is -2.33.